The molecule has 3 rings (SSSR count). The molecule has 22 heavy (non-hydrogen) atoms. The number of nitrogens with one attached hydrogen (secondary N) is 1. The Bertz CT molecular complexity index is 663. The highest BCUT2D eigenvalue weighted by atomic mass is 79.9. The highest BCUT2D eigenvalue weighted by Gasteiger charge is 2.22. The molecule has 2 heterocycles. The van der Waals surface area contributed by atoms with Gasteiger partial charge in [0.2, 0.25) is 0 Å². The summed E-state index contributed by atoms with van der Waals surface area (Å²) in [4.78, 5) is 14.4. The maximum atomic E-state index is 13.0. The quantitative estimate of drug-likeness (QED) is 0.886. The molecule has 0 saturated carbocycles. The van der Waals surface area contributed by atoms with Gasteiger partial charge in [-0.05, 0) is 53.2 Å². The van der Waals surface area contributed by atoms with Crippen LogP contribution < -0.4 is 5.32 Å². The van der Waals surface area contributed by atoms with Crippen molar-refractivity contribution in [2.45, 2.75) is 6.42 Å². The van der Waals surface area contributed by atoms with Gasteiger partial charge in [-0.1, -0.05) is 0 Å². The Morgan fingerprint density at radius 3 is 2.77 bits per heavy atom. The van der Waals surface area contributed by atoms with Gasteiger partial charge in [-0.15, -0.1) is 0 Å². The van der Waals surface area contributed by atoms with Crippen LogP contribution in [-0.2, 0) is 0 Å². The van der Waals surface area contributed by atoms with Crippen LogP contribution in [0.15, 0.2) is 34.9 Å². The summed E-state index contributed by atoms with van der Waals surface area (Å²) in [6.07, 6.45) is 2.65. The number of rotatable bonds is 2. The van der Waals surface area contributed by atoms with E-state index in [-0.39, 0.29) is 11.7 Å². The molecule has 1 aliphatic rings. The lowest BCUT2D eigenvalue weighted by molar-refractivity contribution is 0.0759. The maximum absolute atomic E-state index is 13.0. The average molecular weight is 367 g/mol. The van der Waals surface area contributed by atoms with Gasteiger partial charge in [0.25, 0.3) is 5.91 Å². The van der Waals surface area contributed by atoms with Crippen LogP contribution in [0, 0.1) is 5.82 Å². The van der Waals surface area contributed by atoms with E-state index in [1.165, 1.54) is 12.1 Å². The highest BCUT2D eigenvalue weighted by Crippen LogP contribution is 2.20. The largest absolute Gasteiger partial charge is 0.336 e. The van der Waals surface area contributed by atoms with Crippen molar-refractivity contribution in [2.75, 3.05) is 26.2 Å². The first-order chi connectivity index (χ1) is 10.6. The minimum Gasteiger partial charge on any atom is -0.336 e. The molecule has 1 amide bonds. The number of nitrogens with zero attached hydrogens (tertiary/aromatic N) is 3. The average Bonchev–Trinajstić information content (AvgIpc) is 2.74. The second kappa shape index (κ2) is 6.58. The van der Waals surface area contributed by atoms with Crippen LogP contribution in [0.4, 0.5) is 4.39 Å². The molecule has 116 valence electrons. The Kier molecular flexibility index (Phi) is 4.54. The van der Waals surface area contributed by atoms with Crippen LogP contribution in [0.5, 0.6) is 0 Å². The fraction of sp³-hybridized carbons (Fsp3) is 0.333. The SMILES string of the molecule is O=C(c1nn(-c2ccc(F)cc2)cc1Br)N1CCCNCC1. The normalized spacial score (nSPS) is 15.6. The third kappa shape index (κ3) is 3.20. The second-order valence-electron chi connectivity index (χ2n) is 5.14. The fourth-order valence-corrected chi connectivity index (χ4v) is 2.87. The zero-order chi connectivity index (χ0) is 15.5. The molecule has 0 aliphatic carbocycles. The van der Waals surface area contributed by atoms with Gasteiger partial charge in [0.15, 0.2) is 5.69 Å². The van der Waals surface area contributed by atoms with E-state index in [1.807, 2.05) is 4.90 Å². The van der Waals surface area contributed by atoms with Crippen LogP contribution in [0.1, 0.15) is 16.9 Å². The molecule has 1 aliphatic heterocycles. The smallest absolute Gasteiger partial charge is 0.275 e. The van der Waals surface area contributed by atoms with Crippen LogP contribution in [0.3, 0.4) is 0 Å². The lowest BCUT2D eigenvalue weighted by atomic mass is 10.3. The zero-order valence-electron chi connectivity index (χ0n) is 11.9. The van der Waals surface area contributed by atoms with E-state index in [0.29, 0.717) is 22.4 Å². The summed E-state index contributed by atoms with van der Waals surface area (Å²) in [6, 6.07) is 5.98. The standard InChI is InChI=1S/C15H16BrFN4O/c16-13-10-21(12-4-2-11(17)3-5-12)19-14(13)15(22)20-8-1-6-18-7-9-20/h2-5,10,18H,1,6-9H2. The summed E-state index contributed by atoms with van der Waals surface area (Å²) >= 11 is 3.40. The summed E-state index contributed by atoms with van der Waals surface area (Å²) in [5.74, 6) is -0.389. The van der Waals surface area contributed by atoms with Gasteiger partial charge < -0.3 is 10.2 Å². The molecule has 0 bridgehead atoms. The van der Waals surface area contributed by atoms with E-state index in [2.05, 4.69) is 26.3 Å². The number of halogens is 2. The molecule has 0 atom stereocenters. The van der Waals surface area contributed by atoms with E-state index in [4.69, 9.17) is 0 Å². The summed E-state index contributed by atoms with van der Waals surface area (Å²) in [7, 11) is 0. The summed E-state index contributed by atoms with van der Waals surface area (Å²) in [5, 5.41) is 7.62. The Hall–Kier alpha value is -1.73. The van der Waals surface area contributed by atoms with Crippen molar-refractivity contribution in [1.82, 2.24) is 20.0 Å². The van der Waals surface area contributed by atoms with Crippen LogP contribution in [0.2, 0.25) is 0 Å². The minimum atomic E-state index is -0.302. The van der Waals surface area contributed by atoms with Gasteiger partial charge in [0.1, 0.15) is 5.82 Å². The molecular weight excluding hydrogens is 351 g/mol. The van der Waals surface area contributed by atoms with E-state index in [9.17, 15) is 9.18 Å². The molecule has 7 heteroatoms. The predicted octanol–water partition coefficient (Wildman–Crippen LogP) is 2.21. The Morgan fingerprint density at radius 2 is 2.00 bits per heavy atom. The molecular formula is C15H16BrFN4O. The Balaban J connectivity index is 1.85. The van der Waals surface area contributed by atoms with Crippen molar-refractivity contribution in [1.29, 1.82) is 0 Å². The molecule has 1 aromatic heterocycles. The lowest BCUT2D eigenvalue weighted by Gasteiger charge is -2.18. The molecule has 0 spiro atoms. The van der Waals surface area contributed by atoms with Crippen molar-refractivity contribution >= 4 is 21.8 Å². The van der Waals surface area contributed by atoms with E-state index >= 15 is 0 Å². The van der Waals surface area contributed by atoms with Gasteiger partial charge in [0, 0.05) is 25.8 Å². The molecule has 5 nitrogen and oxygen atoms in total. The minimum absolute atomic E-state index is 0.0866. The Morgan fingerprint density at radius 1 is 1.23 bits per heavy atom. The molecule has 0 radical (unpaired) electrons. The van der Waals surface area contributed by atoms with Gasteiger partial charge in [-0.3, -0.25) is 4.79 Å². The monoisotopic (exact) mass is 366 g/mol. The Labute approximate surface area is 136 Å². The molecule has 2 aromatic rings. The second-order valence-corrected chi connectivity index (χ2v) is 6.00. The van der Waals surface area contributed by atoms with Crippen LogP contribution in [-0.4, -0.2) is 46.8 Å². The van der Waals surface area contributed by atoms with Crippen molar-refractivity contribution < 1.29 is 9.18 Å². The summed E-state index contributed by atoms with van der Waals surface area (Å²) in [6.45, 7) is 3.12. The number of aromatic nitrogens is 2. The molecule has 1 aromatic carbocycles. The van der Waals surface area contributed by atoms with Crippen LogP contribution >= 0.6 is 15.9 Å². The summed E-state index contributed by atoms with van der Waals surface area (Å²) < 4.78 is 15.2. The molecule has 1 saturated heterocycles. The van der Waals surface area contributed by atoms with Gasteiger partial charge in [0.05, 0.1) is 10.2 Å². The molecule has 1 fully saturated rings. The van der Waals surface area contributed by atoms with Gasteiger partial charge in [-0.2, -0.15) is 5.10 Å². The topological polar surface area (TPSA) is 50.2 Å². The van der Waals surface area contributed by atoms with Gasteiger partial charge in [-0.25, -0.2) is 9.07 Å². The third-order valence-corrected chi connectivity index (χ3v) is 4.17. The van der Waals surface area contributed by atoms with Crippen molar-refractivity contribution in [3.05, 3.63) is 46.4 Å². The van der Waals surface area contributed by atoms with Crippen molar-refractivity contribution in [2.24, 2.45) is 0 Å². The first-order valence-electron chi connectivity index (χ1n) is 7.16. The maximum Gasteiger partial charge on any atom is 0.275 e. The van der Waals surface area contributed by atoms with E-state index in [1.54, 1.807) is 23.0 Å². The predicted molar refractivity (Wildman–Crippen MR) is 84.6 cm³/mol. The third-order valence-electron chi connectivity index (χ3n) is 3.59. The number of amides is 1. The van der Waals surface area contributed by atoms with Crippen LogP contribution in [0.25, 0.3) is 5.69 Å². The molecule has 0 unspecified atom stereocenters. The number of hydrogen-bond donors (Lipinski definition) is 1. The summed E-state index contributed by atoms with van der Waals surface area (Å²) in [5.41, 5.74) is 1.09. The fourth-order valence-electron chi connectivity index (χ4n) is 2.42. The highest BCUT2D eigenvalue weighted by molar-refractivity contribution is 9.10. The first kappa shape index (κ1) is 15.2. The van der Waals surface area contributed by atoms with Crippen molar-refractivity contribution in [3.8, 4) is 5.69 Å². The number of hydrogen-bond acceptors (Lipinski definition) is 3. The zero-order valence-corrected chi connectivity index (χ0v) is 13.5. The van der Waals surface area contributed by atoms with Crippen molar-refractivity contribution in [3.63, 3.8) is 0 Å². The number of benzene rings is 1. The van der Waals surface area contributed by atoms with E-state index < -0.39 is 0 Å². The number of carbonyl (C=O) groups is 1. The van der Waals surface area contributed by atoms with E-state index in [0.717, 1.165) is 26.1 Å². The lowest BCUT2D eigenvalue weighted by Crippen LogP contribution is -2.34. The number of carbonyl (C=O) groups excluding carboxylic acids is 1. The first-order valence-corrected chi connectivity index (χ1v) is 7.95. The molecule has 1 N–H and O–H groups in total. The van der Waals surface area contributed by atoms with Gasteiger partial charge >= 0.3 is 0 Å².